The molecule has 1 aliphatic carbocycles. The van der Waals surface area contributed by atoms with Crippen LogP contribution in [0.25, 0.3) is 0 Å². The Kier molecular flexibility index (Phi) is 3.54. The topological polar surface area (TPSA) is 47.4 Å². The second-order valence-corrected chi connectivity index (χ2v) is 6.52. The van der Waals surface area contributed by atoms with Gasteiger partial charge in [0, 0.05) is 19.3 Å². The number of carbonyl (C=O) groups is 1. The van der Waals surface area contributed by atoms with Crippen LogP contribution < -0.4 is 0 Å². The Morgan fingerprint density at radius 2 is 2.30 bits per heavy atom. The zero-order chi connectivity index (χ0) is 14.2. The molecule has 0 spiro atoms. The molecule has 20 heavy (non-hydrogen) atoms. The number of nitrogens with zero attached hydrogens (tertiary/aromatic N) is 3. The Morgan fingerprint density at radius 3 is 2.95 bits per heavy atom. The van der Waals surface area contributed by atoms with Gasteiger partial charge in [-0.1, -0.05) is 6.42 Å². The number of morpholine rings is 1. The predicted molar refractivity (Wildman–Crippen MR) is 75.4 cm³/mol. The van der Waals surface area contributed by atoms with Gasteiger partial charge in [0.1, 0.15) is 6.54 Å². The Morgan fingerprint density at radius 1 is 1.50 bits per heavy atom. The molecular weight excluding hydrogens is 254 g/mol. The molecule has 5 nitrogen and oxygen atoms in total. The average Bonchev–Trinajstić information content (AvgIpc) is 2.73. The van der Waals surface area contributed by atoms with Gasteiger partial charge in [0.05, 0.1) is 18.4 Å². The van der Waals surface area contributed by atoms with Gasteiger partial charge in [-0.25, -0.2) is 0 Å². The van der Waals surface area contributed by atoms with E-state index >= 15 is 0 Å². The maximum Gasteiger partial charge on any atom is 0.244 e. The highest BCUT2D eigenvalue weighted by Gasteiger charge is 2.30. The summed E-state index contributed by atoms with van der Waals surface area (Å²) in [4.78, 5) is 14.2. The molecule has 0 bridgehead atoms. The van der Waals surface area contributed by atoms with E-state index in [1.165, 1.54) is 24.8 Å². The molecule has 2 aliphatic rings. The first kappa shape index (κ1) is 13.6. The SMILES string of the molecule is CC1(C)CN(C(=O)Cn2cc(C3CCC3)cn2)CCO1. The normalized spacial score (nSPS) is 22.6. The summed E-state index contributed by atoms with van der Waals surface area (Å²) >= 11 is 0. The molecule has 0 unspecified atom stereocenters. The van der Waals surface area contributed by atoms with Crippen molar-refractivity contribution in [3.05, 3.63) is 18.0 Å². The van der Waals surface area contributed by atoms with Crippen molar-refractivity contribution in [1.29, 1.82) is 0 Å². The number of ether oxygens (including phenoxy) is 1. The summed E-state index contributed by atoms with van der Waals surface area (Å²) in [6.45, 7) is 6.33. The van der Waals surface area contributed by atoms with Crippen molar-refractivity contribution in [2.24, 2.45) is 0 Å². The van der Waals surface area contributed by atoms with Gasteiger partial charge in [-0.05, 0) is 38.2 Å². The maximum atomic E-state index is 12.3. The number of amides is 1. The zero-order valence-corrected chi connectivity index (χ0v) is 12.3. The summed E-state index contributed by atoms with van der Waals surface area (Å²) in [5, 5.41) is 4.33. The molecule has 5 heteroatoms. The molecule has 1 aromatic rings. The van der Waals surface area contributed by atoms with Gasteiger partial charge in [0.2, 0.25) is 5.91 Å². The highest BCUT2D eigenvalue weighted by Crippen LogP contribution is 2.35. The van der Waals surface area contributed by atoms with Crippen molar-refractivity contribution in [2.45, 2.75) is 51.2 Å². The van der Waals surface area contributed by atoms with E-state index in [0.29, 0.717) is 32.2 Å². The van der Waals surface area contributed by atoms with Crippen LogP contribution in [0.15, 0.2) is 12.4 Å². The standard InChI is InChI=1S/C15H23N3O2/c1-15(2)11-17(6-7-20-15)14(19)10-18-9-13(8-16-18)12-4-3-5-12/h8-9,12H,3-7,10-11H2,1-2H3. The summed E-state index contributed by atoms with van der Waals surface area (Å²) < 4.78 is 7.41. The third-order valence-corrected chi connectivity index (χ3v) is 4.31. The van der Waals surface area contributed by atoms with Crippen LogP contribution in [0.3, 0.4) is 0 Å². The summed E-state index contributed by atoms with van der Waals surface area (Å²) in [5.74, 6) is 0.797. The first-order valence-electron chi connectivity index (χ1n) is 7.48. The van der Waals surface area contributed by atoms with Crippen LogP contribution in [-0.2, 0) is 16.1 Å². The maximum absolute atomic E-state index is 12.3. The van der Waals surface area contributed by atoms with Gasteiger partial charge in [-0.15, -0.1) is 0 Å². The fraction of sp³-hybridized carbons (Fsp3) is 0.733. The van der Waals surface area contributed by atoms with Crippen LogP contribution in [0.5, 0.6) is 0 Å². The van der Waals surface area contributed by atoms with Crippen LogP contribution in [0.4, 0.5) is 0 Å². The first-order valence-corrected chi connectivity index (χ1v) is 7.48. The van der Waals surface area contributed by atoms with Gasteiger partial charge in [-0.2, -0.15) is 5.10 Å². The van der Waals surface area contributed by atoms with E-state index in [-0.39, 0.29) is 11.5 Å². The van der Waals surface area contributed by atoms with E-state index in [4.69, 9.17) is 4.74 Å². The lowest BCUT2D eigenvalue weighted by Gasteiger charge is -2.38. The van der Waals surface area contributed by atoms with Crippen LogP contribution in [-0.4, -0.2) is 45.9 Å². The molecule has 110 valence electrons. The van der Waals surface area contributed by atoms with Crippen molar-refractivity contribution in [2.75, 3.05) is 19.7 Å². The van der Waals surface area contributed by atoms with Gasteiger partial charge < -0.3 is 9.64 Å². The zero-order valence-electron chi connectivity index (χ0n) is 12.3. The Bertz CT molecular complexity index is 491. The molecule has 0 radical (unpaired) electrons. The molecule has 0 atom stereocenters. The third kappa shape index (κ3) is 2.87. The molecule has 3 rings (SSSR count). The quantitative estimate of drug-likeness (QED) is 0.846. The summed E-state index contributed by atoms with van der Waals surface area (Å²) in [5.41, 5.74) is 1.04. The van der Waals surface area contributed by atoms with Crippen LogP contribution >= 0.6 is 0 Å². The minimum Gasteiger partial charge on any atom is -0.372 e. The number of hydrogen-bond donors (Lipinski definition) is 0. The minimum atomic E-state index is -0.241. The van der Waals surface area contributed by atoms with Gasteiger partial charge in [-0.3, -0.25) is 9.48 Å². The molecule has 1 saturated carbocycles. The third-order valence-electron chi connectivity index (χ3n) is 4.31. The molecular formula is C15H23N3O2. The fourth-order valence-corrected chi connectivity index (χ4v) is 2.89. The highest BCUT2D eigenvalue weighted by atomic mass is 16.5. The summed E-state index contributed by atoms with van der Waals surface area (Å²) in [6.07, 6.45) is 7.79. The number of carbonyl (C=O) groups excluding carboxylic acids is 1. The summed E-state index contributed by atoms with van der Waals surface area (Å²) in [6, 6.07) is 0. The van der Waals surface area contributed by atoms with E-state index in [2.05, 4.69) is 5.10 Å². The predicted octanol–water partition coefficient (Wildman–Crippen LogP) is 1.79. The minimum absolute atomic E-state index is 0.129. The Hall–Kier alpha value is -1.36. The van der Waals surface area contributed by atoms with Gasteiger partial charge in [0.25, 0.3) is 0 Å². The van der Waals surface area contributed by atoms with E-state index in [9.17, 15) is 4.79 Å². The van der Waals surface area contributed by atoms with E-state index in [1.807, 2.05) is 31.1 Å². The lowest BCUT2D eigenvalue weighted by molar-refractivity contribution is -0.146. The Labute approximate surface area is 119 Å². The molecule has 0 aromatic carbocycles. The fourth-order valence-electron chi connectivity index (χ4n) is 2.89. The van der Waals surface area contributed by atoms with Crippen LogP contribution in [0, 0.1) is 0 Å². The highest BCUT2D eigenvalue weighted by molar-refractivity contribution is 5.76. The number of rotatable bonds is 3. The monoisotopic (exact) mass is 277 g/mol. The largest absolute Gasteiger partial charge is 0.372 e. The van der Waals surface area contributed by atoms with E-state index < -0.39 is 0 Å². The number of aromatic nitrogens is 2. The van der Waals surface area contributed by atoms with E-state index in [0.717, 1.165) is 0 Å². The number of hydrogen-bond acceptors (Lipinski definition) is 3. The van der Waals surface area contributed by atoms with E-state index in [1.54, 1.807) is 4.68 Å². The van der Waals surface area contributed by atoms with Crippen LogP contribution in [0.2, 0.25) is 0 Å². The van der Waals surface area contributed by atoms with Crippen molar-refractivity contribution >= 4 is 5.91 Å². The van der Waals surface area contributed by atoms with Crippen LogP contribution in [0.1, 0.15) is 44.6 Å². The van der Waals surface area contributed by atoms with Gasteiger partial charge >= 0.3 is 0 Å². The Balaban J connectivity index is 1.59. The second-order valence-electron chi connectivity index (χ2n) is 6.52. The molecule has 2 heterocycles. The van der Waals surface area contributed by atoms with Crippen molar-refractivity contribution < 1.29 is 9.53 Å². The van der Waals surface area contributed by atoms with Gasteiger partial charge in [0.15, 0.2) is 0 Å². The van der Waals surface area contributed by atoms with Crippen molar-refractivity contribution in [3.63, 3.8) is 0 Å². The average molecular weight is 277 g/mol. The molecule has 1 amide bonds. The molecule has 1 saturated heterocycles. The molecule has 1 aliphatic heterocycles. The van der Waals surface area contributed by atoms with Crippen molar-refractivity contribution in [1.82, 2.24) is 14.7 Å². The molecule has 2 fully saturated rings. The van der Waals surface area contributed by atoms with Crippen molar-refractivity contribution in [3.8, 4) is 0 Å². The molecule has 1 aromatic heterocycles. The lowest BCUT2D eigenvalue weighted by Crippen LogP contribution is -2.51. The second kappa shape index (κ2) is 5.20. The molecule has 0 N–H and O–H groups in total. The summed E-state index contributed by atoms with van der Waals surface area (Å²) in [7, 11) is 0. The smallest absolute Gasteiger partial charge is 0.244 e. The first-order chi connectivity index (χ1) is 9.53. The lowest BCUT2D eigenvalue weighted by atomic mass is 9.81.